The van der Waals surface area contributed by atoms with E-state index in [-0.39, 0.29) is 0 Å². The Morgan fingerprint density at radius 3 is 3.06 bits per heavy atom. The van der Waals surface area contributed by atoms with Crippen LogP contribution in [-0.4, -0.2) is 17.0 Å². The number of hydrogen-bond donors (Lipinski definition) is 1. The molecule has 0 aromatic carbocycles. The van der Waals surface area contributed by atoms with Crippen molar-refractivity contribution in [3.05, 3.63) is 35.3 Å². The van der Waals surface area contributed by atoms with Gasteiger partial charge in [-0.2, -0.15) is 0 Å². The van der Waals surface area contributed by atoms with E-state index >= 15 is 0 Å². The van der Waals surface area contributed by atoms with Gasteiger partial charge in [-0.15, -0.1) is 0 Å². The molecule has 2 aromatic rings. The molecule has 94 valence electrons. The fourth-order valence-corrected chi connectivity index (χ4v) is 2.56. The van der Waals surface area contributed by atoms with Gasteiger partial charge in [0.1, 0.15) is 0 Å². The molecule has 4 heteroatoms. The zero-order valence-electron chi connectivity index (χ0n) is 10.7. The predicted molar refractivity (Wildman–Crippen MR) is 69.2 cm³/mol. The first-order valence-electron chi connectivity index (χ1n) is 6.37. The molecule has 0 bridgehead atoms. The Hall–Kier alpha value is -1.68. The number of rotatable bonds is 2. The van der Waals surface area contributed by atoms with Crippen LogP contribution in [0.5, 0.6) is 0 Å². The summed E-state index contributed by atoms with van der Waals surface area (Å²) in [7, 11) is 1.99. The van der Waals surface area contributed by atoms with Crippen molar-refractivity contribution in [1.82, 2.24) is 15.3 Å². The van der Waals surface area contributed by atoms with Crippen molar-refractivity contribution in [2.24, 2.45) is 0 Å². The number of furan rings is 1. The standard InChI is InChI=1S/C14H17N3O/c1-9-6-7-18-13(9)14-16-8-10-11(15-2)4-3-5-12(10)17-14/h6-8,11,15H,3-5H2,1-2H3. The van der Waals surface area contributed by atoms with Gasteiger partial charge in [-0.3, -0.25) is 0 Å². The minimum Gasteiger partial charge on any atom is -0.461 e. The van der Waals surface area contributed by atoms with Crippen molar-refractivity contribution < 1.29 is 4.42 Å². The van der Waals surface area contributed by atoms with Gasteiger partial charge in [0.25, 0.3) is 0 Å². The largest absolute Gasteiger partial charge is 0.461 e. The van der Waals surface area contributed by atoms with Crippen molar-refractivity contribution in [2.75, 3.05) is 7.05 Å². The summed E-state index contributed by atoms with van der Waals surface area (Å²) in [5.74, 6) is 1.48. The average molecular weight is 243 g/mol. The van der Waals surface area contributed by atoms with Gasteiger partial charge in [-0.1, -0.05) is 0 Å². The third-order valence-corrected chi connectivity index (χ3v) is 3.60. The lowest BCUT2D eigenvalue weighted by Gasteiger charge is -2.23. The molecule has 1 aliphatic carbocycles. The van der Waals surface area contributed by atoms with E-state index in [0.717, 1.165) is 29.9 Å². The first-order valence-corrected chi connectivity index (χ1v) is 6.37. The highest BCUT2D eigenvalue weighted by Crippen LogP contribution is 2.29. The summed E-state index contributed by atoms with van der Waals surface area (Å²) in [5.41, 5.74) is 3.47. The van der Waals surface area contributed by atoms with Crippen LogP contribution in [0, 0.1) is 6.92 Å². The summed E-state index contributed by atoms with van der Waals surface area (Å²) < 4.78 is 5.45. The molecule has 3 rings (SSSR count). The van der Waals surface area contributed by atoms with Gasteiger partial charge in [-0.05, 0) is 44.9 Å². The van der Waals surface area contributed by atoms with E-state index in [1.54, 1.807) is 6.26 Å². The molecule has 0 radical (unpaired) electrons. The SMILES string of the molecule is CNC1CCCc2nc(-c3occc3C)ncc21. The van der Waals surface area contributed by atoms with Gasteiger partial charge in [-0.25, -0.2) is 9.97 Å². The molecule has 0 saturated carbocycles. The van der Waals surface area contributed by atoms with Crippen LogP contribution in [0.15, 0.2) is 22.9 Å². The highest BCUT2D eigenvalue weighted by atomic mass is 16.3. The molecule has 1 N–H and O–H groups in total. The lowest BCUT2D eigenvalue weighted by atomic mass is 9.92. The molecule has 2 heterocycles. The molecule has 4 nitrogen and oxygen atoms in total. The lowest BCUT2D eigenvalue weighted by molar-refractivity contribution is 0.486. The second-order valence-electron chi connectivity index (χ2n) is 4.76. The Morgan fingerprint density at radius 2 is 2.33 bits per heavy atom. The van der Waals surface area contributed by atoms with E-state index in [9.17, 15) is 0 Å². The molecule has 1 unspecified atom stereocenters. The molecule has 0 amide bonds. The van der Waals surface area contributed by atoms with E-state index in [0.29, 0.717) is 11.9 Å². The van der Waals surface area contributed by atoms with Crippen LogP contribution >= 0.6 is 0 Å². The zero-order chi connectivity index (χ0) is 12.5. The number of nitrogens with one attached hydrogen (secondary N) is 1. The number of aromatic nitrogens is 2. The van der Waals surface area contributed by atoms with Crippen LogP contribution in [0.25, 0.3) is 11.6 Å². The normalized spacial score (nSPS) is 18.7. The van der Waals surface area contributed by atoms with Crippen molar-refractivity contribution in [1.29, 1.82) is 0 Å². The van der Waals surface area contributed by atoms with Gasteiger partial charge in [0.2, 0.25) is 0 Å². The molecule has 0 aliphatic heterocycles. The van der Waals surface area contributed by atoms with Gasteiger partial charge in [0, 0.05) is 23.5 Å². The van der Waals surface area contributed by atoms with Crippen molar-refractivity contribution in [3.8, 4) is 11.6 Å². The van der Waals surface area contributed by atoms with Gasteiger partial charge in [0.15, 0.2) is 11.6 Å². The smallest absolute Gasteiger partial charge is 0.196 e. The van der Waals surface area contributed by atoms with Crippen molar-refractivity contribution in [3.63, 3.8) is 0 Å². The number of nitrogens with zero attached hydrogens (tertiary/aromatic N) is 2. The maximum Gasteiger partial charge on any atom is 0.196 e. The second-order valence-corrected chi connectivity index (χ2v) is 4.76. The fourth-order valence-electron chi connectivity index (χ4n) is 2.56. The van der Waals surface area contributed by atoms with E-state index in [4.69, 9.17) is 4.42 Å². The van der Waals surface area contributed by atoms with Crippen LogP contribution in [0.1, 0.15) is 35.7 Å². The summed E-state index contributed by atoms with van der Waals surface area (Å²) in [6, 6.07) is 2.33. The number of aryl methyl sites for hydroxylation is 2. The van der Waals surface area contributed by atoms with Crippen molar-refractivity contribution >= 4 is 0 Å². The topological polar surface area (TPSA) is 51.0 Å². The summed E-state index contributed by atoms with van der Waals surface area (Å²) in [4.78, 5) is 9.12. The number of fused-ring (bicyclic) bond motifs is 1. The van der Waals surface area contributed by atoms with Gasteiger partial charge >= 0.3 is 0 Å². The second kappa shape index (κ2) is 4.53. The maximum absolute atomic E-state index is 5.45. The maximum atomic E-state index is 5.45. The van der Waals surface area contributed by atoms with Crippen LogP contribution in [0.4, 0.5) is 0 Å². The summed E-state index contributed by atoms with van der Waals surface area (Å²) >= 11 is 0. The molecular weight excluding hydrogens is 226 g/mol. The Bertz CT molecular complexity index is 562. The molecule has 1 atom stereocenters. The van der Waals surface area contributed by atoms with Crippen LogP contribution in [-0.2, 0) is 6.42 Å². The molecule has 0 saturated heterocycles. The minimum absolute atomic E-state index is 0.389. The van der Waals surface area contributed by atoms with E-state index < -0.39 is 0 Å². The third-order valence-electron chi connectivity index (χ3n) is 3.60. The fraction of sp³-hybridized carbons (Fsp3) is 0.429. The Kier molecular flexibility index (Phi) is 2.88. The summed E-state index contributed by atoms with van der Waals surface area (Å²) in [6.07, 6.45) is 6.99. The highest BCUT2D eigenvalue weighted by Gasteiger charge is 2.21. The van der Waals surface area contributed by atoms with E-state index in [1.165, 1.54) is 12.0 Å². The van der Waals surface area contributed by atoms with E-state index in [2.05, 4.69) is 15.3 Å². The summed E-state index contributed by atoms with van der Waals surface area (Å²) in [5, 5.41) is 3.32. The predicted octanol–water partition coefficient (Wildman–Crippen LogP) is 2.64. The Balaban J connectivity index is 2.04. The highest BCUT2D eigenvalue weighted by molar-refractivity contribution is 5.52. The van der Waals surface area contributed by atoms with Crippen LogP contribution in [0.3, 0.4) is 0 Å². The molecule has 18 heavy (non-hydrogen) atoms. The average Bonchev–Trinajstić information content (AvgIpc) is 2.83. The third kappa shape index (κ3) is 1.82. The first kappa shape index (κ1) is 11.4. The van der Waals surface area contributed by atoms with Gasteiger partial charge < -0.3 is 9.73 Å². The van der Waals surface area contributed by atoms with Crippen molar-refractivity contribution in [2.45, 2.75) is 32.2 Å². The molecule has 0 spiro atoms. The minimum atomic E-state index is 0.389. The summed E-state index contributed by atoms with van der Waals surface area (Å²) in [6.45, 7) is 2.01. The first-order chi connectivity index (χ1) is 8.79. The lowest BCUT2D eigenvalue weighted by Crippen LogP contribution is -2.22. The van der Waals surface area contributed by atoms with E-state index in [1.807, 2.05) is 26.2 Å². The van der Waals surface area contributed by atoms with Crippen LogP contribution < -0.4 is 5.32 Å². The molecule has 1 aliphatic rings. The molecular formula is C14H17N3O. The Labute approximate surface area is 106 Å². The molecule has 2 aromatic heterocycles. The zero-order valence-corrected chi connectivity index (χ0v) is 10.7. The van der Waals surface area contributed by atoms with Gasteiger partial charge in [0.05, 0.1) is 6.26 Å². The van der Waals surface area contributed by atoms with Crippen LogP contribution in [0.2, 0.25) is 0 Å². The Morgan fingerprint density at radius 1 is 1.44 bits per heavy atom. The molecule has 0 fully saturated rings. The number of hydrogen-bond acceptors (Lipinski definition) is 4. The quantitative estimate of drug-likeness (QED) is 0.881. The monoisotopic (exact) mass is 243 g/mol.